The summed E-state index contributed by atoms with van der Waals surface area (Å²) < 4.78 is 0. The molecule has 43 heavy (non-hydrogen) atoms. The van der Waals surface area contributed by atoms with E-state index in [9.17, 15) is 0 Å². The van der Waals surface area contributed by atoms with Crippen molar-refractivity contribution in [2.75, 3.05) is 0 Å². The number of rotatable bonds is 6. The fourth-order valence-corrected chi connectivity index (χ4v) is 6.80. The minimum absolute atomic E-state index is 0.525. The average molecular weight is 553 g/mol. The van der Waals surface area contributed by atoms with Crippen LogP contribution in [-0.4, -0.2) is 0 Å². The third kappa shape index (κ3) is 4.74. The van der Waals surface area contributed by atoms with Gasteiger partial charge in [-0.3, -0.25) is 0 Å². The SMILES string of the molecule is CCC(C)c1ccccc1-c1cccc(-c2ccc(-c3c4ccccc4c(-c4ccccc4)c4ccccc34)cc2)c1C. The Kier molecular flexibility index (Phi) is 7.13. The average Bonchev–Trinajstić information content (AvgIpc) is 3.07. The zero-order valence-corrected chi connectivity index (χ0v) is 25.1. The molecule has 0 saturated carbocycles. The molecule has 7 aromatic carbocycles. The Balaban J connectivity index is 1.37. The van der Waals surface area contributed by atoms with Crippen LogP contribution in [0.2, 0.25) is 0 Å². The molecule has 1 atom stereocenters. The molecule has 0 radical (unpaired) electrons. The van der Waals surface area contributed by atoms with Crippen molar-refractivity contribution in [2.24, 2.45) is 0 Å². The van der Waals surface area contributed by atoms with E-state index in [4.69, 9.17) is 0 Å². The van der Waals surface area contributed by atoms with Crippen LogP contribution in [0, 0.1) is 6.92 Å². The summed E-state index contributed by atoms with van der Waals surface area (Å²) in [5.41, 5.74) is 13.1. The third-order valence-corrected chi connectivity index (χ3v) is 9.21. The summed E-state index contributed by atoms with van der Waals surface area (Å²) in [6, 6.07) is 53.4. The predicted molar refractivity (Wildman–Crippen MR) is 187 cm³/mol. The highest BCUT2D eigenvalue weighted by atomic mass is 14.2. The van der Waals surface area contributed by atoms with Crippen molar-refractivity contribution in [3.05, 3.63) is 157 Å². The molecule has 1 unspecified atom stereocenters. The normalized spacial score (nSPS) is 12.1. The molecule has 0 aliphatic carbocycles. The van der Waals surface area contributed by atoms with Crippen LogP contribution < -0.4 is 0 Å². The first-order valence-corrected chi connectivity index (χ1v) is 15.4. The molecule has 208 valence electrons. The smallest absolute Gasteiger partial charge is 0.00264 e. The van der Waals surface area contributed by atoms with Crippen molar-refractivity contribution in [2.45, 2.75) is 33.1 Å². The summed E-state index contributed by atoms with van der Waals surface area (Å²) in [7, 11) is 0. The zero-order chi connectivity index (χ0) is 29.3. The quantitative estimate of drug-likeness (QED) is 0.180. The largest absolute Gasteiger partial charge is 0.0648 e. The standard InChI is InChI=1S/C43H36/c1-4-29(2)34-17-8-9-18-37(34)36-24-14-23-35(30(36)3)31-25-27-33(28-26-31)43-40-21-12-10-19-38(40)42(32-15-6-5-7-16-32)39-20-11-13-22-41(39)43/h5-29H,4H2,1-3H3. The van der Waals surface area contributed by atoms with Crippen LogP contribution >= 0.6 is 0 Å². The number of hydrogen-bond acceptors (Lipinski definition) is 0. The summed E-state index contributed by atoms with van der Waals surface area (Å²) >= 11 is 0. The molecule has 0 aromatic heterocycles. The van der Waals surface area contributed by atoms with E-state index < -0.39 is 0 Å². The van der Waals surface area contributed by atoms with Gasteiger partial charge in [0.05, 0.1) is 0 Å². The highest BCUT2D eigenvalue weighted by Crippen LogP contribution is 2.44. The van der Waals surface area contributed by atoms with E-state index in [1.54, 1.807) is 0 Å². The highest BCUT2D eigenvalue weighted by Gasteiger charge is 2.17. The van der Waals surface area contributed by atoms with Crippen molar-refractivity contribution < 1.29 is 0 Å². The minimum Gasteiger partial charge on any atom is -0.0648 e. The Morgan fingerprint density at radius 2 is 0.860 bits per heavy atom. The van der Waals surface area contributed by atoms with Crippen molar-refractivity contribution >= 4 is 21.5 Å². The molecule has 0 heteroatoms. The Bertz CT molecular complexity index is 2010. The number of fused-ring (bicyclic) bond motifs is 2. The van der Waals surface area contributed by atoms with Gasteiger partial charge >= 0.3 is 0 Å². The molecule has 0 nitrogen and oxygen atoms in total. The second kappa shape index (κ2) is 11.4. The van der Waals surface area contributed by atoms with E-state index in [1.165, 1.54) is 77.2 Å². The molecule has 0 aliphatic heterocycles. The zero-order valence-electron chi connectivity index (χ0n) is 25.1. The monoisotopic (exact) mass is 552 g/mol. The fraction of sp³-hybridized carbons (Fsp3) is 0.116. The molecule has 0 saturated heterocycles. The molecule has 7 aromatic rings. The van der Waals surface area contributed by atoms with Crippen LogP contribution in [0.3, 0.4) is 0 Å². The lowest BCUT2D eigenvalue weighted by Crippen LogP contribution is -1.97. The van der Waals surface area contributed by atoms with E-state index >= 15 is 0 Å². The summed E-state index contributed by atoms with van der Waals surface area (Å²) in [5, 5.41) is 5.14. The molecule has 0 bridgehead atoms. The second-order valence-corrected chi connectivity index (χ2v) is 11.7. The number of benzene rings is 7. The number of hydrogen-bond donors (Lipinski definition) is 0. The van der Waals surface area contributed by atoms with E-state index in [0.29, 0.717) is 5.92 Å². The van der Waals surface area contributed by atoms with Gasteiger partial charge in [0, 0.05) is 0 Å². The first-order valence-electron chi connectivity index (χ1n) is 15.4. The molecular formula is C43H36. The van der Waals surface area contributed by atoms with E-state index in [2.05, 4.69) is 166 Å². The van der Waals surface area contributed by atoms with Gasteiger partial charge in [-0.1, -0.05) is 159 Å². The highest BCUT2D eigenvalue weighted by molar-refractivity contribution is 6.21. The maximum Gasteiger partial charge on any atom is -0.00264 e. The van der Waals surface area contributed by atoms with Gasteiger partial charge < -0.3 is 0 Å². The molecule has 0 amide bonds. The first-order chi connectivity index (χ1) is 21.2. The summed E-state index contributed by atoms with van der Waals surface area (Å²) in [6.45, 7) is 6.87. The van der Waals surface area contributed by atoms with Crippen molar-refractivity contribution in [3.8, 4) is 44.5 Å². The van der Waals surface area contributed by atoms with Gasteiger partial charge in [0.15, 0.2) is 0 Å². The second-order valence-electron chi connectivity index (χ2n) is 11.7. The molecule has 0 heterocycles. The summed E-state index contributed by atoms with van der Waals surface area (Å²) in [5.74, 6) is 0.525. The van der Waals surface area contributed by atoms with Gasteiger partial charge in [0.2, 0.25) is 0 Å². The summed E-state index contributed by atoms with van der Waals surface area (Å²) in [4.78, 5) is 0. The minimum atomic E-state index is 0.525. The Morgan fingerprint density at radius 1 is 0.419 bits per heavy atom. The van der Waals surface area contributed by atoms with Gasteiger partial charge in [-0.25, -0.2) is 0 Å². The van der Waals surface area contributed by atoms with Crippen LogP contribution in [0.5, 0.6) is 0 Å². The lowest BCUT2D eigenvalue weighted by molar-refractivity contribution is 0.735. The van der Waals surface area contributed by atoms with Crippen LogP contribution in [0.15, 0.2) is 146 Å². The summed E-state index contributed by atoms with van der Waals surface area (Å²) in [6.07, 6.45) is 1.13. The Labute approximate surface area is 255 Å². The van der Waals surface area contributed by atoms with Gasteiger partial charge in [0.25, 0.3) is 0 Å². The van der Waals surface area contributed by atoms with Crippen molar-refractivity contribution in [3.63, 3.8) is 0 Å². The lowest BCUT2D eigenvalue weighted by Gasteiger charge is -2.19. The predicted octanol–water partition coefficient (Wildman–Crippen LogP) is 12.5. The molecule has 0 spiro atoms. The maximum atomic E-state index is 2.33. The Morgan fingerprint density at radius 3 is 1.44 bits per heavy atom. The molecule has 0 fully saturated rings. The topological polar surface area (TPSA) is 0 Å². The van der Waals surface area contributed by atoms with Crippen LogP contribution in [0.25, 0.3) is 66.1 Å². The Hall–Kier alpha value is -4.94. The lowest BCUT2D eigenvalue weighted by atomic mass is 9.85. The van der Waals surface area contributed by atoms with Gasteiger partial charge in [-0.2, -0.15) is 0 Å². The van der Waals surface area contributed by atoms with Crippen molar-refractivity contribution in [1.82, 2.24) is 0 Å². The fourth-order valence-electron chi connectivity index (χ4n) is 6.80. The van der Waals surface area contributed by atoms with Crippen LogP contribution in [-0.2, 0) is 0 Å². The first kappa shape index (κ1) is 26.9. The maximum absolute atomic E-state index is 2.33. The van der Waals surface area contributed by atoms with Gasteiger partial charge in [0.1, 0.15) is 0 Å². The van der Waals surface area contributed by atoms with Gasteiger partial charge in [-0.15, -0.1) is 0 Å². The van der Waals surface area contributed by atoms with E-state index in [-0.39, 0.29) is 0 Å². The molecule has 0 N–H and O–H groups in total. The molecular weight excluding hydrogens is 516 g/mol. The van der Waals surface area contributed by atoms with E-state index in [1.807, 2.05) is 0 Å². The van der Waals surface area contributed by atoms with Crippen LogP contribution in [0.1, 0.15) is 37.3 Å². The third-order valence-electron chi connectivity index (χ3n) is 9.21. The van der Waals surface area contributed by atoms with E-state index in [0.717, 1.165) is 6.42 Å². The molecule has 0 aliphatic rings. The van der Waals surface area contributed by atoms with Crippen LogP contribution in [0.4, 0.5) is 0 Å². The molecule has 7 rings (SSSR count). The van der Waals surface area contributed by atoms with Gasteiger partial charge in [-0.05, 0) is 96.4 Å². The van der Waals surface area contributed by atoms with Crippen molar-refractivity contribution in [1.29, 1.82) is 0 Å².